The first-order valence-electron chi connectivity index (χ1n) is 6.40. The van der Waals surface area contributed by atoms with Crippen molar-refractivity contribution in [3.8, 4) is 22.9 Å². The van der Waals surface area contributed by atoms with Gasteiger partial charge in [0, 0.05) is 5.56 Å². The van der Waals surface area contributed by atoms with E-state index in [1.54, 1.807) is 6.07 Å². The van der Waals surface area contributed by atoms with Gasteiger partial charge in [-0.2, -0.15) is 18.4 Å². The van der Waals surface area contributed by atoms with Crippen molar-refractivity contribution < 1.29 is 31.1 Å². The van der Waals surface area contributed by atoms with Crippen molar-refractivity contribution >= 4 is 0 Å². The molecule has 1 aromatic carbocycles. The Morgan fingerprint density at radius 3 is 2.08 bits per heavy atom. The van der Waals surface area contributed by atoms with Gasteiger partial charge < -0.3 is 4.74 Å². The smallest absolute Gasteiger partial charge is 0.406 e. The van der Waals surface area contributed by atoms with Crippen LogP contribution in [0, 0.1) is 11.3 Å². The van der Waals surface area contributed by atoms with Crippen LogP contribution in [0.2, 0.25) is 0 Å². The normalized spacial score (nSPS) is 11.9. The third-order valence-corrected chi connectivity index (χ3v) is 2.91. The van der Waals surface area contributed by atoms with Crippen LogP contribution in [0.15, 0.2) is 36.4 Å². The maximum Gasteiger partial charge on any atom is 0.573 e. The number of hydrogen-bond donors (Lipinski definition) is 0. The van der Waals surface area contributed by atoms with Crippen LogP contribution in [0.25, 0.3) is 11.1 Å². The van der Waals surface area contributed by atoms with E-state index in [0.717, 1.165) is 24.3 Å². The van der Waals surface area contributed by atoms with Gasteiger partial charge in [0.15, 0.2) is 0 Å². The molecule has 24 heavy (non-hydrogen) atoms. The Morgan fingerprint density at radius 2 is 1.58 bits per heavy atom. The molecule has 0 bridgehead atoms. The number of nitrogens with zero attached hydrogens (tertiary/aromatic N) is 2. The van der Waals surface area contributed by atoms with E-state index in [9.17, 15) is 26.3 Å². The molecule has 0 atom stereocenters. The summed E-state index contributed by atoms with van der Waals surface area (Å²) in [6, 6.07) is 8.12. The van der Waals surface area contributed by atoms with Gasteiger partial charge in [0.25, 0.3) is 0 Å². The minimum Gasteiger partial charge on any atom is -0.406 e. The summed E-state index contributed by atoms with van der Waals surface area (Å²) in [5.74, 6) is -0.465. The fourth-order valence-corrected chi connectivity index (χ4v) is 1.97. The Kier molecular flexibility index (Phi) is 4.68. The monoisotopic (exact) mass is 346 g/mol. The van der Waals surface area contributed by atoms with Crippen LogP contribution >= 0.6 is 0 Å². The van der Waals surface area contributed by atoms with Crippen molar-refractivity contribution in [2.45, 2.75) is 19.0 Å². The van der Waals surface area contributed by atoms with E-state index >= 15 is 0 Å². The Bertz CT molecular complexity index is 760. The summed E-state index contributed by atoms with van der Waals surface area (Å²) in [7, 11) is 0. The maximum absolute atomic E-state index is 12.7. The van der Waals surface area contributed by atoms with E-state index in [1.807, 2.05) is 0 Å². The summed E-state index contributed by atoms with van der Waals surface area (Å²) in [6.45, 7) is 0. The average Bonchev–Trinajstić information content (AvgIpc) is 2.46. The molecule has 1 aromatic heterocycles. The minimum absolute atomic E-state index is 0.114. The van der Waals surface area contributed by atoms with E-state index in [2.05, 4.69) is 9.72 Å². The molecule has 126 valence electrons. The van der Waals surface area contributed by atoms with Crippen LogP contribution in [-0.2, 0) is 12.6 Å². The number of halogens is 6. The topological polar surface area (TPSA) is 45.9 Å². The summed E-state index contributed by atoms with van der Waals surface area (Å²) in [5, 5.41) is 8.74. The van der Waals surface area contributed by atoms with Gasteiger partial charge in [-0.3, -0.25) is 0 Å². The second kappa shape index (κ2) is 6.39. The standard InChI is InChI=1S/C15H8F6N2O/c16-14(17,18)13-6-5-11(12(23-13)7-8-22)9-1-3-10(4-2-9)24-15(19,20)21/h1-6H,7H2. The van der Waals surface area contributed by atoms with Gasteiger partial charge in [-0.05, 0) is 23.8 Å². The maximum atomic E-state index is 12.7. The zero-order valence-electron chi connectivity index (χ0n) is 11.7. The van der Waals surface area contributed by atoms with Gasteiger partial charge in [0.05, 0.1) is 18.2 Å². The van der Waals surface area contributed by atoms with Crippen LogP contribution in [-0.4, -0.2) is 11.3 Å². The van der Waals surface area contributed by atoms with Crippen LogP contribution in [0.3, 0.4) is 0 Å². The highest BCUT2D eigenvalue weighted by Gasteiger charge is 2.33. The lowest BCUT2D eigenvalue weighted by atomic mass is 10.0. The van der Waals surface area contributed by atoms with Crippen molar-refractivity contribution in [1.29, 1.82) is 5.26 Å². The van der Waals surface area contributed by atoms with Crippen molar-refractivity contribution in [3.05, 3.63) is 47.8 Å². The Labute approximate surface area is 132 Å². The molecule has 1 heterocycles. The molecule has 0 aliphatic heterocycles. The second-order valence-electron chi connectivity index (χ2n) is 4.60. The predicted octanol–water partition coefficient (Wildman–Crippen LogP) is 4.73. The number of rotatable bonds is 3. The molecule has 0 unspecified atom stereocenters. The number of pyridine rings is 1. The largest absolute Gasteiger partial charge is 0.573 e. The molecule has 2 aromatic rings. The summed E-state index contributed by atoms with van der Waals surface area (Å²) in [5.41, 5.74) is -0.718. The van der Waals surface area contributed by atoms with Gasteiger partial charge in [-0.15, -0.1) is 13.2 Å². The van der Waals surface area contributed by atoms with Gasteiger partial charge in [0.1, 0.15) is 11.4 Å². The zero-order valence-corrected chi connectivity index (χ0v) is 11.7. The van der Waals surface area contributed by atoms with E-state index in [0.29, 0.717) is 5.56 Å². The third kappa shape index (κ3) is 4.38. The number of nitriles is 1. The van der Waals surface area contributed by atoms with E-state index in [-0.39, 0.29) is 17.7 Å². The summed E-state index contributed by atoms with van der Waals surface area (Å²) < 4.78 is 78.1. The van der Waals surface area contributed by atoms with E-state index < -0.39 is 24.0 Å². The molecule has 0 aliphatic rings. The first kappa shape index (κ1) is 17.6. The Morgan fingerprint density at radius 1 is 0.958 bits per heavy atom. The second-order valence-corrected chi connectivity index (χ2v) is 4.60. The Balaban J connectivity index is 2.39. The van der Waals surface area contributed by atoms with Gasteiger partial charge in [0.2, 0.25) is 0 Å². The molecule has 2 rings (SSSR count). The molecule has 0 N–H and O–H groups in total. The third-order valence-electron chi connectivity index (χ3n) is 2.91. The fourth-order valence-electron chi connectivity index (χ4n) is 1.97. The quantitative estimate of drug-likeness (QED) is 0.755. The molecule has 0 saturated carbocycles. The lowest BCUT2D eigenvalue weighted by molar-refractivity contribution is -0.274. The summed E-state index contributed by atoms with van der Waals surface area (Å²) in [4.78, 5) is 3.43. The highest BCUT2D eigenvalue weighted by Crippen LogP contribution is 2.32. The number of benzene rings is 1. The molecular formula is C15H8F6N2O. The van der Waals surface area contributed by atoms with Crippen LogP contribution in [0.4, 0.5) is 26.3 Å². The predicted molar refractivity (Wildman–Crippen MR) is 70.7 cm³/mol. The molecule has 0 spiro atoms. The fraction of sp³-hybridized carbons (Fsp3) is 0.200. The highest BCUT2D eigenvalue weighted by atomic mass is 19.4. The molecule has 0 aliphatic carbocycles. The number of aromatic nitrogens is 1. The van der Waals surface area contributed by atoms with Crippen LogP contribution < -0.4 is 4.74 Å². The van der Waals surface area contributed by atoms with Gasteiger partial charge in [-0.1, -0.05) is 18.2 Å². The lowest BCUT2D eigenvalue weighted by Gasteiger charge is -2.12. The molecule has 9 heteroatoms. The van der Waals surface area contributed by atoms with Crippen molar-refractivity contribution in [3.63, 3.8) is 0 Å². The van der Waals surface area contributed by atoms with Gasteiger partial charge in [-0.25, -0.2) is 4.98 Å². The minimum atomic E-state index is -4.84. The van der Waals surface area contributed by atoms with E-state index in [1.165, 1.54) is 12.1 Å². The molecule has 0 saturated heterocycles. The summed E-state index contributed by atoms with van der Waals surface area (Å²) >= 11 is 0. The molecule has 0 radical (unpaired) electrons. The lowest BCUT2D eigenvalue weighted by Crippen LogP contribution is -2.16. The van der Waals surface area contributed by atoms with Crippen LogP contribution in [0.1, 0.15) is 11.4 Å². The number of alkyl halides is 6. The molecular weight excluding hydrogens is 338 g/mol. The van der Waals surface area contributed by atoms with Gasteiger partial charge >= 0.3 is 12.5 Å². The number of ether oxygens (including phenoxy) is 1. The van der Waals surface area contributed by atoms with Crippen LogP contribution in [0.5, 0.6) is 5.75 Å². The molecule has 0 fully saturated rings. The molecule has 0 amide bonds. The molecule has 3 nitrogen and oxygen atoms in total. The number of hydrogen-bond acceptors (Lipinski definition) is 3. The SMILES string of the molecule is N#CCc1nc(C(F)(F)F)ccc1-c1ccc(OC(F)(F)F)cc1. The summed E-state index contributed by atoms with van der Waals surface area (Å²) in [6.07, 6.45) is -9.88. The average molecular weight is 346 g/mol. The first-order chi connectivity index (χ1) is 11.1. The van der Waals surface area contributed by atoms with Crippen molar-refractivity contribution in [2.75, 3.05) is 0 Å². The van der Waals surface area contributed by atoms with Crippen molar-refractivity contribution in [2.24, 2.45) is 0 Å². The van der Waals surface area contributed by atoms with Crippen molar-refractivity contribution in [1.82, 2.24) is 4.98 Å². The zero-order chi connectivity index (χ0) is 18.0. The highest BCUT2D eigenvalue weighted by molar-refractivity contribution is 5.67. The first-order valence-corrected chi connectivity index (χ1v) is 6.40. The Hall–Kier alpha value is -2.76. The van der Waals surface area contributed by atoms with E-state index in [4.69, 9.17) is 5.26 Å².